The monoisotopic (exact) mass is 864 g/mol. The lowest BCUT2D eigenvalue weighted by Gasteiger charge is -2.27. The molecule has 0 radical (unpaired) electrons. The molecule has 0 aliphatic rings. The fraction of sp³-hybridized carbons (Fsp3) is 0.945. The molecule has 0 rings (SSSR count). The Morgan fingerprint density at radius 1 is 0.393 bits per heavy atom. The van der Waals surface area contributed by atoms with Gasteiger partial charge in [-0.3, -0.25) is 4.79 Å². The summed E-state index contributed by atoms with van der Waals surface area (Å²) in [4.78, 5) is 12.6. The van der Waals surface area contributed by atoms with Crippen molar-refractivity contribution in [2.45, 2.75) is 327 Å². The Morgan fingerprint density at radius 3 is 0.951 bits per heavy atom. The Labute approximate surface area is 381 Å². The Morgan fingerprint density at radius 2 is 0.656 bits per heavy atom. The van der Waals surface area contributed by atoms with Gasteiger partial charge in [-0.15, -0.1) is 0 Å². The summed E-state index contributed by atoms with van der Waals surface area (Å²) in [6, 6.07) is -0.984. The topological polar surface area (TPSA) is 110 Å². The van der Waals surface area contributed by atoms with E-state index in [0.29, 0.717) is 12.8 Å². The summed E-state index contributed by atoms with van der Waals surface area (Å²) < 4.78 is 0. The second kappa shape index (κ2) is 50.1. The molecule has 1 amide bonds. The minimum atomic E-state index is -1.26. The highest BCUT2D eigenvalue weighted by Gasteiger charge is 2.28. The van der Waals surface area contributed by atoms with Crippen LogP contribution in [-0.2, 0) is 4.79 Å². The van der Waals surface area contributed by atoms with Gasteiger partial charge in [-0.25, -0.2) is 0 Å². The third-order valence-electron chi connectivity index (χ3n) is 13.2. The van der Waals surface area contributed by atoms with Crippen molar-refractivity contribution in [3.63, 3.8) is 0 Å². The molecule has 0 aliphatic heterocycles. The summed E-state index contributed by atoms with van der Waals surface area (Å²) in [6.07, 6.45) is 58.4. The number of amides is 1. The summed E-state index contributed by atoms with van der Waals surface area (Å²) in [5, 5.41) is 44.0. The number of aliphatic hydroxyl groups excluding tert-OH is 4. The average Bonchev–Trinajstić information content (AvgIpc) is 3.26. The van der Waals surface area contributed by atoms with Gasteiger partial charge in [0.2, 0.25) is 5.91 Å². The maximum absolute atomic E-state index is 12.6. The number of rotatable bonds is 51. The molecule has 5 N–H and O–H groups in total. The minimum absolute atomic E-state index is 0.370. The number of nitrogens with one attached hydrogen (secondary N) is 1. The Kier molecular flexibility index (Phi) is 49.3. The standard InChI is InChI=1S/C55H109NO5/c1-3-5-7-9-11-13-15-17-19-21-23-25-26-27-28-29-31-33-35-37-39-41-43-45-47-49-53(59)55(61)56-51(50-57)54(60)52(58)48-46-44-42-40-38-36-34-32-30-24-22-20-18-16-14-12-10-8-6-4-2/h27-28,51-54,57-60H,3-26,29-50H2,1-2H3,(H,56,61)/b28-27-. The SMILES string of the molecule is CCCCCCCCCCCCCC/C=C\CCCCCCCCCCCC(O)C(=O)NC(CO)C(O)C(O)CCCCCCCCCCCCCCCCCCCCCC. The number of carbonyl (C=O) groups excluding carboxylic acids is 1. The summed E-state index contributed by atoms with van der Waals surface area (Å²) in [7, 11) is 0. The van der Waals surface area contributed by atoms with Crippen molar-refractivity contribution < 1.29 is 25.2 Å². The highest BCUT2D eigenvalue weighted by atomic mass is 16.3. The number of aliphatic hydroxyl groups is 4. The zero-order chi connectivity index (χ0) is 44.5. The van der Waals surface area contributed by atoms with Gasteiger partial charge < -0.3 is 25.7 Å². The van der Waals surface area contributed by atoms with Crippen LogP contribution in [0, 0.1) is 0 Å². The number of unbranched alkanes of at least 4 members (excludes halogenated alkanes) is 40. The molecule has 0 aromatic rings. The van der Waals surface area contributed by atoms with Crippen LogP contribution in [0.4, 0.5) is 0 Å². The lowest BCUT2D eigenvalue weighted by Crippen LogP contribution is -2.53. The van der Waals surface area contributed by atoms with Crippen molar-refractivity contribution >= 4 is 5.91 Å². The molecule has 4 atom stereocenters. The van der Waals surface area contributed by atoms with E-state index in [0.717, 1.165) is 38.5 Å². The van der Waals surface area contributed by atoms with Crippen LogP contribution in [0.3, 0.4) is 0 Å². The molecule has 6 nitrogen and oxygen atoms in total. The molecule has 0 saturated carbocycles. The molecule has 0 aliphatic carbocycles. The van der Waals surface area contributed by atoms with Crippen molar-refractivity contribution in [2.75, 3.05) is 6.61 Å². The molecule has 0 aromatic heterocycles. The zero-order valence-electron chi connectivity index (χ0n) is 41.2. The predicted octanol–water partition coefficient (Wildman–Crippen LogP) is 15.7. The Balaban J connectivity index is 3.62. The van der Waals surface area contributed by atoms with Gasteiger partial charge in [0.1, 0.15) is 12.2 Å². The van der Waals surface area contributed by atoms with Crippen LogP contribution in [0.1, 0.15) is 303 Å². The van der Waals surface area contributed by atoms with Gasteiger partial charge in [-0.1, -0.05) is 276 Å². The van der Waals surface area contributed by atoms with Crippen molar-refractivity contribution in [3.8, 4) is 0 Å². The third kappa shape index (κ3) is 44.1. The van der Waals surface area contributed by atoms with Gasteiger partial charge in [0, 0.05) is 0 Å². The first-order chi connectivity index (χ1) is 30.0. The molecular weight excluding hydrogens is 755 g/mol. The number of hydrogen-bond donors (Lipinski definition) is 5. The fourth-order valence-electron chi connectivity index (χ4n) is 8.87. The minimum Gasteiger partial charge on any atom is -0.394 e. The van der Waals surface area contributed by atoms with Gasteiger partial charge in [-0.2, -0.15) is 0 Å². The Hall–Kier alpha value is -0.950. The average molecular weight is 864 g/mol. The first-order valence-electron chi connectivity index (χ1n) is 27.6. The fourth-order valence-corrected chi connectivity index (χ4v) is 8.87. The van der Waals surface area contributed by atoms with Gasteiger partial charge in [0.15, 0.2) is 0 Å². The number of carbonyl (C=O) groups is 1. The van der Waals surface area contributed by atoms with Crippen LogP contribution in [-0.4, -0.2) is 57.3 Å². The smallest absolute Gasteiger partial charge is 0.249 e. The molecule has 0 aromatic carbocycles. The van der Waals surface area contributed by atoms with Crippen LogP contribution in [0.2, 0.25) is 0 Å². The third-order valence-corrected chi connectivity index (χ3v) is 13.2. The van der Waals surface area contributed by atoms with E-state index in [4.69, 9.17) is 0 Å². The van der Waals surface area contributed by atoms with E-state index >= 15 is 0 Å². The molecule has 61 heavy (non-hydrogen) atoms. The van der Waals surface area contributed by atoms with E-state index in [1.807, 2.05) is 0 Å². The molecule has 0 saturated heterocycles. The van der Waals surface area contributed by atoms with E-state index < -0.39 is 36.9 Å². The van der Waals surface area contributed by atoms with Gasteiger partial charge >= 0.3 is 0 Å². The normalized spacial score (nSPS) is 13.9. The van der Waals surface area contributed by atoms with Gasteiger partial charge in [0.25, 0.3) is 0 Å². The highest BCUT2D eigenvalue weighted by Crippen LogP contribution is 2.18. The van der Waals surface area contributed by atoms with Gasteiger partial charge in [0.05, 0.1) is 18.8 Å². The summed E-state index contributed by atoms with van der Waals surface area (Å²) >= 11 is 0. The Bertz CT molecular complexity index is 882. The predicted molar refractivity (Wildman–Crippen MR) is 265 cm³/mol. The quantitative estimate of drug-likeness (QED) is 0.0309. The zero-order valence-corrected chi connectivity index (χ0v) is 41.2. The van der Waals surface area contributed by atoms with E-state index in [1.165, 1.54) is 238 Å². The lowest BCUT2D eigenvalue weighted by molar-refractivity contribution is -0.132. The second-order valence-electron chi connectivity index (χ2n) is 19.3. The maximum Gasteiger partial charge on any atom is 0.249 e. The molecule has 0 bridgehead atoms. The van der Waals surface area contributed by atoms with Crippen LogP contribution >= 0.6 is 0 Å². The van der Waals surface area contributed by atoms with Crippen molar-refractivity contribution in [1.29, 1.82) is 0 Å². The van der Waals surface area contributed by atoms with E-state index in [-0.39, 0.29) is 0 Å². The summed E-state index contributed by atoms with van der Waals surface area (Å²) in [5.41, 5.74) is 0. The van der Waals surface area contributed by atoms with Crippen molar-refractivity contribution in [2.24, 2.45) is 0 Å². The van der Waals surface area contributed by atoms with Crippen LogP contribution < -0.4 is 5.32 Å². The van der Waals surface area contributed by atoms with Crippen LogP contribution in [0.25, 0.3) is 0 Å². The summed E-state index contributed by atoms with van der Waals surface area (Å²) in [6.45, 7) is 4.09. The van der Waals surface area contributed by atoms with Crippen molar-refractivity contribution in [1.82, 2.24) is 5.32 Å². The maximum atomic E-state index is 12.6. The lowest BCUT2D eigenvalue weighted by atomic mass is 9.99. The first-order valence-corrected chi connectivity index (χ1v) is 27.6. The molecule has 364 valence electrons. The first kappa shape index (κ1) is 60.1. The molecule has 0 spiro atoms. The second-order valence-corrected chi connectivity index (χ2v) is 19.3. The molecule has 6 heteroatoms. The molecule has 4 unspecified atom stereocenters. The number of hydrogen-bond acceptors (Lipinski definition) is 5. The largest absolute Gasteiger partial charge is 0.394 e. The molecule has 0 heterocycles. The highest BCUT2D eigenvalue weighted by molar-refractivity contribution is 5.80. The van der Waals surface area contributed by atoms with E-state index in [9.17, 15) is 25.2 Å². The van der Waals surface area contributed by atoms with E-state index in [2.05, 4.69) is 31.3 Å². The van der Waals surface area contributed by atoms with E-state index in [1.54, 1.807) is 0 Å². The van der Waals surface area contributed by atoms with Crippen molar-refractivity contribution in [3.05, 3.63) is 12.2 Å². The molecular formula is C55H109NO5. The molecule has 0 fully saturated rings. The van der Waals surface area contributed by atoms with Gasteiger partial charge in [-0.05, 0) is 38.5 Å². The summed E-state index contributed by atoms with van der Waals surface area (Å²) in [5.74, 6) is -0.580. The van der Waals surface area contributed by atoms with Crippen LogP contribution in [0.5, 0.6) is 0 Å². The van der Waals surface area contributed by atoms with Crippen LogP contribution in [0.15, 0.2) is 12.2 Å². The number of allylic oxidation sites excluding steroid dienone is 2.